The van der Waals surface area contributed by atoms with E-state index in [-0.39, 0.29) is 31.3 Å². The third kappa shape index (κ3) is 45.4. The van der Waals surface area contributed by atoms with Crippen LogP contribution < -0.4 is 5.32 Å². The molecule has 6 heteroatoms. The number of amides is 1. The number of nitrogens with one attached hydrogen (secondary N) is 1. The zero-order valence-corrected chi connectivity index (χ0v) is 41.2. The Bertz CT molecular complexity index is 1210. The maximum atomic E-state index is 13.2. The Labute approximate surface area is 389 Å². The molecule has 0 aromatic rings. The first-order valence-corrected chi connectivity index (χ1v) is 26.3. The second-order valence-electron chi connectivity index (χ2n) is 17.5. The van der Waals surface area contributed by atoms with Gasteiger partial charge in [0.25, 0.3) is 0 Å². The summed E-state index contributed by atoms with van der Waals surface area (Å²) in [5, 5.41) is 23.7. The zero-order valence-electron chi connectivity index (χ0n) is 41.2. The normalized spacial score (nSPS) is 13.9. The molecule has 0 bridgehead atoms. The minimum absolute atomic E-state index is 0.0262. The van der Waals surface area contributed by atoms with Gasteiger partial charge in [-0.25, -0.2) is 0 Å². The third-order valence-corrected chi connectivity index (χ3v) is 11.5. The second kappa shape index (κ2) is 50.0. The predicted molar refractivity (Wildman–Crippen MR) is 273 cm³/mol. The lowest BCUT2D eigenvalue weighted by molar-refractivity contribution is -0.150. The van der Waals surface area contributed by atoms with E-state index in [0.29, 0.717) is 19.3 Å². The van der Waals surface area contributed by atoms with Crippen molar-refractivity contribution in [2.75, 3.05) is 6.61 Å². The van der Waals surface area contributed by atoms with E-state index >= 15 is 0 Å². The van der Waals surface area contributed by atoms with Crippen molar-refractivity contribution in [3.05, 3.63) is 85.1 Å². The van der Waals surface area contributed by atoms with Crippen LogP contribution in [0.4, 0.5) is 0 Å². The fourth-order valence-electron chi connectivity index (χ4n) is 7.51. The van der Waals surface area contributed by atoms with Gasteiger partial charge in [-0.1, -0.05) is 241 Å². The molecule has 0 saturated heterocycles. The molecule has 0 fully saturated rings. The Hall–Kier alpha value is -2.96. The van der Waals surface area contributed by atoms with Crippen molar-refractivity contribution < 1.29 is 24.5 Å². The highest BCUT2D eigenvalue weighted by Gasteiger charge is 2.23. The molecular weight excluding hydrogens is 779 g/mol. The van der Waals surface area contributed by atoms with Crippen LogP contribution in [0.3, 0.4) is 0 Å². The van der Waals surface area contributed by atoms with Gasteiger partial charge in [0.05, 0.1) is 25.2 Å². The predicted octanol–water partition coefficient (Wildman–Crippen LogP) is 16.0. The average molecular weight is 878 g/mol. The largest absolute Gasteiger partial charge is 0.461 e. The van der Waals surface area contributed by atoms with Gasteiger partial charge in [0.15, 0.2) is 0 Å². The lowest BCUT2D eigenvalue weighted by Crippen LogP contribution is -2.46. The molecule has 0 radical (unpaired) electrons. The van der Waals surface area contributed by atoms with Crippen LogP contribution >= 0.6 is 0 Å². The van der Waals surface area contributed by atoms with E-state index in [2.05, 4.69) is 92.9 Å². The maximum Gasteiger partial charge on any atom is 0.306 e. The standard InChI is InChI=1S/C57H99NO5/c1-4-7-10-13-16-19-22-25-27-29-32-34-37-40-43-46-49-55(60)54(52-59)58-56(61)51-53(48-45-42-39-36-33-31-28-26-23-20-17-14-11-8-5-2)63-57(62)50-47-44-41-38-35-30-24-21-18-15-12-9-6-3/h8,11,17,20,26,28,30,33,35-36,41-42,44-45,53-55,59-60H,4-7,9-10,12-16,18-19,21-25,27,29,31-32,34,37-40,43,46-52H2,1-3H3,(H,58,61)/b11-8-,20-17-,28-26-,35-30-,36-33-,44-41+,45-42-. The molecule has 3 N–H and O–H groups in total. The first-order chi connectivity index (χ1) is 31.0. The Balaban J connectivity index is 4.74. The van der Waals surface area contributed by atoms with Gasteiger partial charge in [-0.3, -0.25) is 9.59 Å². The fourth-order valence-corrected chi connectivity index (χ4v) is 7.51. The van der Waals surface area contributed by atoms with Gasteiger partial charge >= 0.3 is 5.97 Å². The summed E-state index contributed by atoms with van der Waals surface area (Å²) in [6, 6.07) is -0.746. The lowest BCUT2D eigenvalue weighted by atomic mass is 10.0. The van der Waals surface area contributed by atoms with Crippen LogP contribution in [0.15, 0.2) is 85.1 Å². The van der Waals surface area contributed by atoms with Gasteiger partial charge < -0.3 is 20.3 Å². The van der Waals surface area contributed by atoms with E-state index < -0.39 is 18.2 Å². The molecule has 6 nitrogen and oxygen atoms in total. The highest BCUT2D eigenvalue weighted by atomic mass is 16.5. The smallest absolute Gasteiger partial charge is 0.306 e. The molecule has 0 aliphatic rings. The van der Waals surface area contributed by atoms with E-state index in [1.165, 1.54) is 122 Å². The van der Waals surface area contributed by atoms with Gasteiger partial charge in [-0.2, -0.15) is 0 Å². The highest BCUT2D eigenvalue weighted by molar-refractivity contribution is 5.77. The second-order valence-corrected chi connectivity index (χ2v) is 17.5. The summed E-state index contributed by atoms with van der Waals surface area (Å²) in [6.07, 6.45) is 65.3. The van der Waals surface area contributed by atoms with Gasteiger partial charge in [0, 0.05) is 12.8 Å². The Kier molecular flexibility index (Phi) is 47.7. The van der Waals surface area contributed by atoms with Gasteiger partial charge in [-0.15, -0.1) is 0 Å². The summed E-state index contributed by atoms with van der Waals surface area (Å²) in [7, 11) is 0. The zero-order chi connectivity index (χ0) is 45.9. The number of rotatable bonds is 46. The average Bonchev–Trinajstić information content (AvgIpc) is 3.28. The molecule has 0 spiro atoms. The molecule has 0 saturated carbocycles. The molecule has 0 heterocycles. The number of hydrogen-bond acceptors (Lipinski definition) is 5. The summed E-state index contributed by atoms with van der Waals surface area (Å²) in [5.74, 6) is -0.663. The molecule has 0 aliphatic carbocycles. The van der Waals surface area contributed by atoms with E-state index in [0.717, 1.165) is 64.2 Å². The number of ether oxygens (including phenoxy) is 1. The SMILES string of the molecule is CC/C=C\C/C=C\C/C=C\C/C=C\C/C=C\CC(CC(=O)NC(CO)C(O)CCCCCCCCCCCCCCCCCC)OC(=O)CC/C=C/C/C=C\CCCCCCCC. The minimum atomic E-state index is -0.824. The number of unbranched alkanes of at least 4 members (excludes halogenated alkanes) is 21. The molecule has 63 heavy (non-hydrogen) atoms. The van der Waals surface area contributed by atoms with Crippen LogP contribution in [-0.2, 0) is 14.3 Å². The van der Waals surface area contributed by atoms with Gasteiger partial charge in [0.2, 0.25) is 5.91 Å². The molecule has 0 rings (SSSR count). The van der Waals surface area contributed by atoms with E-state index in [9.17, 15) is 19.8 Å². The lowest BCUT2D eigenvalue weighted by Gasteiger charge is -2.24. The monoisotopic (exact) mass is 878 g/mol. The number of aliphatic hydroxyl groups excluding tert-OH is 2. The van der Waals surface area contributed by atoms with Gasteiger partial charge in [0.1, 0.15) is 6.10 Å². The number of hydrogen-bond donors (Lipinski definition) is 3. The highest BCUT2D eigenvalue weighted by Crippen LogP contribution is 2.16. The fraction of sp³-hybridized carbons (Fsp3) is 0.719. The van der Waals surface area contributed by atoms with Gasteiger partial charge in [-0.05, 0) is 64.2 Å². The quantitative estimate of drug-likeness (QED) is 0.0322. The minimum Gasteiger partial charge on any atom is -0.461 e. The Morgan fingerprint density at radius 1 is 0.492 bits per heavy atom. The number of carbonyl (C=O) groups is 2. The molecule has 0 aliphatic heterocycles. The Morgan fingerprint density at radius 2 is 0.889 bits per heavy atom. The molecule has 3 unspecified atom stereocenters. The molecule has 1 amide bonds. The number of carbonyl (C=O) groups excluding carboxylic acids is 2. The topological polar surface area (TPSA) is 95.9 Å². The molecule has 0 aromatic carbocycles. The van der Waals surface area contributed by atoms with E-state index in [4.69, 9.17) is 4.74 Å². The van der Waals surface area contributed by atoms with Crippen molar-refractivity contribution in [3.8, 4) is 0 Å². The van der Waals surface area contributed by atoms with Crippen molar-refractivity contribution in [2.45, 2.75) is 257 Å². The molecule has 362 valence electrons. The maximum absolute atomic E-state index is 13.2. The van der Waals surface area contributed by atoms with Crippen molar-refractivity contribution in [1.29, 1.82) is 0 Å². The first-order valence-electron chi connectivity index (χ1n) is 26.3. The third-order valence-electron chi connectivity index (χ3n) is 11.5. The summed E-state index contributed by atoms with van der Waals surface area (Å²) in [5.41, 5.74) is 0. The van der Waals surface area contributed by atoms with Crippen LogP contribution in [0, 0.1) is 0 Å². The summed E-state index contributed by atoms with van der Waals surface area (Å²) in [6.45, 7) is 6.32. The number of allylic oxidation sites excluding steroid dienone is 13. The number of esters is 1. The van der Waals surface area contributed by atoms with E-state index in [1.807, 2.05) is 18.2 Å². The summed E-state index contributed by atoms with van der Waals surface area (Å²) < 4.78 is 5.83. The van der Waals surface area contributed by atoms with Crippen molar-refractivity contribution in [1.82, 2.24) is 5.32 Å². The first kappa shape index (κ1) is 60.0. The van der Waals surface area contributed by atoms with Crippen LogP contribution in [0.1, 0.15) is 239 Å². The van der Waals surface area contributed by atoms with Crippen LogP contribution in [0.25, 0.3) is 0 Å². The molecule has 0 aromatic heterocycles. The van der Waals surface area contributed by atoms with Crippen LogP contribution in [0.2, 0.25) is 0 Å². The van der Waals surface area contributed by atoms with E-state index in [1.54, 1.807) is 0 Å². The Morgan fingerprint density at radius 3 is 1.35 bits per heavy atom. The van der Waals surface area contributed by atoms with Crippen molar-refractivity contribution in [2.24, 2.45) is 0 Å². The van der Waals surface area contributed by atoms with Crippen molar-refractivity contribution in [3.63, 3.8) is 0 Å². The molecular formula is C57H99NO5. The van der Waals surface area contributed by atoms with Crippen LogP contribution in [-0.4, -0.2) is 46.9 Å². The van der Waals surface area contributed by atoms with Crippen LogP contribution in [0.5, 0.6) is 0 Å². The van der Waals surface area contributed by atoms with Crippen molar-refractivity contribution >= 4 is 11.9 Å². The number of aliphatic hydroxyl groups is 2. The summed E-state index contributed by atoms with van der Waals surface area (Å²) in [4.78, 5) is 26.1. The molecule has 3 atom stereocenters. The summed E-state index contributed by atoms with van der Waals surface area (Å²) >= 11 is 0.